The van der Waals surface area contributed by atoms with E-state index in [-0.39, 0.29) is 6.61 Å². The number of ether oxygens (including phenoxy) is 2. The van der Waals surface area contributed by atoms with E-state index in [2.05, 4.69) is 11.8 Å². The molecule has 0 radical (unpaired) electrons. The summed E-state index contributed by atoms with van der Waals surface area (Å²) >= 11 is 0. The van der Waals surface area contributed by atoms with Crippen LogP contribution in [-0.4, -0.2) is 24.9 Å². The van der Waals surface area contributed by atoms with Crippen molar-refractivity contribution in [1.82, 2.24) is 0 Å². The average molecular weight is 286 g/mol. The standard InChI is InChI=1S/C17H18O4/c18-9-2-1-5-15-6-3-7-16(13-15)21-12-11-19-14-17-8-4-10-20-17/h3-4,6-8,10,13,18H,2,9,11-12,14H2. The first kappa shape index (κ1) is 15.2. The molecule has 21 heavy (non-hydrogen) atoms. The molecule has 0 fully saturated rings. The molecule has 0 aliphatic rings. The second kappa shape index (κ2) is 8.85. The van der Waals surface area contributed by atoms with Gasteiger partial charge in [-0.1, -0.05) is 17.9 Å². The van der Waals surface area contributed by atoms with Gasteiger partial charge in [0, 0.05) is 12.0 Å². The smallest absolute Gasteiger partial charge is 0.129 e. The maximum absolute atomic E-state index is 8.69. The number of rotatable bonds is 7. The molecule has 0 aliphatic heterocycles. The van der Waals surface area contributed by atoms with Crippen LogP contribution in [0.25, 0.3) is 0 Å². The Bertz CT molecular complexity index is 578. The molecule has 1 N–H and O–H groups in total. The summed E-state index contributed by atoms with van der Waals surface area (Å²) in [6.45, 7) is 1.48. The van der Waals surface area contributed by atoms with Gasteiger partial charge >= 0.3 is 0 Å². The molecule has 0 unspecified atom stereocenters. The summed E-state index contributed by atoms with van der Waals surface area (Å²) in [5.41, 5.74) is 0.873. The number of aliphatic hydroxyl groups is 1. The number of hydrogen-bond donors (Lipinski definition) is 1. The van der Waals surface area contributed by atoms with Gasteiger partial charge in [0.15, 0.2) is 0 Å². The molecule has 0 atom stereocenters. The fraction of sp³-hybridized carbons (Fsp3) is 0.294. The van der Waals surface area contributed by atoms with Gasteiger partial charge in [0.2, 0.25) is 0 Å². The summed E-state index contributed by atoms with van der Waals surface area (Å²) in [6, 6.07) is 11.3. The second-order valence-corrected chi connectivity index (χ2v) is 4.28. The zero-order valence-corrected chi connectivity index (χ0v) is 11.7. The highest BCUT2D eigenvalue weighted by molar-refractivity contribution is 5.39. The first-order chi connectivity index (χ1) is 10.4. The topological polar surface area (TPSA) is 51.8 Å². The molecular weight excluding hydrogens is 268 g/mol. The highest BCUT2D eigenvalue weighted by Gasteiger charge is 1.97. The molecule has 2 aromatic rings. The van der Waals surface area contributed by atoms with Gasteiger partial charge < -0.3 is 19.0 Å². The number of benzene rings is 1. The van der Waals surface area contributed by atoms with Crippen molar-refractivity contribution < 1.29 is 19.0 Å². The van der Waals surface area contributed by atoms with E-state index >= 15 is 0 Å². The summed E-state index contributed by atoms with van der Waals surface area (Å²) in [6.07, 6.45) is 2.10. The molecule has 4 nitrogen and oxygen atoms in total. The number of furan rings is 1. The highest BCUT2D eigenvalue weighted by Crippen LogP contribution is 2.12. The van der Waals surface area contributed by atoms with E-state index in [1.165, 1.54) is 0 Å². The summed E-state index contributed by atoms with van der Waals surface area (Å²) in [5.74, 6) is 7.41. The quantitative estimate of drug-likeness (QED) is 0.628. The lowest BCUT2D eigenvalue weighted by Gasteiger charge is -2.06. The van der Waals surface area contributed by atoms with E-state index in [4.69, 9.17) is 19.0 Å². The van der Waals surface area contributed by atoms with E-state index in [0.717, 1.165) is 17.1 Å². The lowest BCUT2D eigenvalue weighted by atomic mass is 10.2. The Morgan fingerprint density at radius 2 is 2.10 bits per heavy atom. The van der Waals surface area contributed by atoms with E-state index in [0.29, 0.717) is 26.2 Å². The van der Waals surface area contributed by atoms with Crippen molar-refractivity contribution in [3.8, 4) is 17.6 Å². The van der Waals surface area contributed by atoms with E-state index in [9.17, 15) is 0 Å². The molecular formula is C17H18O4. The van der Waals surface area contributed by atoms with E-state index < -0.39 is 0 Å². The number of aliphatic hydroxyl groups excluding tert-OH is 1. The van der Waals surface area contributed by atoms with Gasteiger partial charge in [-0.15, -0.1) is 0 Å². The molecule has 0 saturated heterocycles. The summed E-state index contributed by atoms with van der Waals surface area (Å²) < 4.78 is 16.2. The zero-order chi connectivity index (χ0) is 14.8. The Morgan fingerprint density at radius 1 is 1.14 bits per heavy atom. The minimum absolute atomic E-state index is 0.0796. The third-order valence-corrected chi connectivity index (χ3v) is 2.62. The predicted octanol–water partition coefficient (Wildman–Crippen LogP) is 2.61. The lowest BCUT2D eigenvalue weighted by Crippen LogP contribution is -2.06. The Morgan fingerprint density at radius 3 is 2.90 bits per heavy atom. The van der Waals surface area contributed by atoms with Crippen LogP contribution >= 0.6 is 0 Å². The Labute approximate surface area is 124 Å². The molecule has 0 amide bonds. The summed E-state index contributed by atoms with van der Waals surface area (Å²) in [7, 11) is 0. The van der Waals surface area contributed by atoms with Crippen LogP contribution in [0.5, 0.6) is 5.75 Å². The third kappa shape index (κ3) is 5.74. The monoisotopic (exact) mass is 286 g/mol. The molecule has 1 aromatic carbocycles. The molecule has 110 valence electrons. The summed E-state index contributed by atoms with van der Waals surface area (Å²) in [4.78, 5) is 0. The Kier molecular flexibility index (Phi) is 6.40. The molecule has 0 aliphatic carbocycles. The summed E-state index contributed by atoms with van der Waals surface area (Å²) in [5, 5.41) is 8.69. The largest absolute Gasteiger partial charge is 0.491 e. The van der Waals surface area contributed by atoms with Gasteiger partial charge in [-0.25, -0.2) is 0 Å². The molecule has 0 bridgehead atoms. The molecule has 1 aromatic heterocycles. The van der Waals surface area contributed by atoms with Crippen molar-refractivity contribution in [2.24, 2.45) is 0 Å². The predicted molar refractivity (Wildman–Crippen MR) is 78.9 cm³/mol. The first-order valence-electron chi connectivity index (χ1n) is 6.81. The maximum atomic E-state index is 8.69. The molecule has 4 heteroatoms. The fourth-order valence-corrected chi connectivity index (χ4v) is 1.67. The van der Waals surface area contributed by atoms with Crippen LogP contribution in [0.2, 0.25) is 0 Å². The van der Waals surface area contributed by atoms with Crippen LogP contribution < -0.4 is 4.74 Å². The fourth-order valence-electron chi connectivity index (χ4n) is 1.67. The minimum atomic E-state index is 0.0796. The van der Waals surface area contributed by atoms with Crippen molar-refractivity contribution >= 4 is 0 Å². The Hall–Kier alpha value is -2.22. The van der Waals surface area contributed by atoms with Crippen molar-refractivity contribution in [1.29, 1.82) is 0 Å². The average Bonchev–Trinajstić information content (AvgIpc) is 3.01. The van der Waals surface area contributed by atoms with Crippen LogP contribution in [-0.2, 0) is 11.3 Å². The lowest BCUT2D eigenvalue weighted by molar-refractivity contribution is 0.0781. The van der Waals surface area contributed by atoms with Gasteiger partial charge in [0.1, 0.15) is 24.7 Å². The van der Waals surface area contributed by atoms with Crippen molar-refractivity contribution in [3.63, 3.8) is 0 Å². The van der Waals surface area contributed by atoms with Gasteiger partial charge in [-0.05, 0) is 30.3 Å². The van der Waals surface area contributed by atoms with Crippen LogP contribution in [0.4, 0.5) is 0 Å². The normalized spacial score (nSPS) is 9.95. The van der Waals surface area contributed by atoms with Gasteiger partial charge in [-0.3, -0.25) is 0 Å². The zero-order valence-electron chi connectivity index (χ0n) is 11.7. The van der Waals surface area contributed by atoms with Crippen LogP contribution in [0.15, 0.2) is 47.1 Å². The van der Waals surface area contributed by atoms with Crippen molar-refractivity contribution in [2.75, 3.05) is 19.8 Å². The van der Waals surface area contributed by atoms with Crippen LogP contribution in [0, 0.1) is 11.8 Å². The molecule has 2 rings (SSSR count). The van der Waals surface area contributed by atoms with Gasteiger partial charge in [0.05, 0.1) is 19.5 Å². The molecule has 0 saturated carbocycles. The molecule has 0 spiro atoms. The van der Waals surface area contributed by atoms with Gasteiger partial charge in [-0.2, -0.15) is 0 Å². The number of hydrogen-bond acceptors (Lipinski definition) is 4. The third-order valence-electron chi connectivity index (χ3n) is 2.62. The van der Waals surface area contributed by atoms with E-state index in [1.54, 1.807) is 6.26 Å². The molecule has 1 heterocycles. The van der Waals surface area contributed by atoms with Gasteiger partial charge in [0.25, 0.3) is 0 Å². The van der Waals surface area contributed by atoms with E-state index in [1.807, 2.05) is 36.4 Å². The second-order valence-electron chi connectivity index (χ2n) is 4.28. The first-order valence-corrected chi connectivity index (χ1v) is 6.81. The van der Waals surface area contributed by atoms with Crippen molar-refractivity contribution in [3.05, 3.63) is 54.0 Å². The van der Waals surface area contributed by atoms with Crippen molar-refractivity contribution in [2.45, 2.75) is 13.0 Å². The Balaban J connectivity index is 1.70. The SMILES string of the molecule is OCCC#Cc1cccc(OCCOCc2ccco2)c1. The minimum Gasteiger partial charge on any atom is -0.491 e. The highest BCUT2D eigenvalue weighted by atomic mass is 16.5. The maximum Gasteiger partial charge on any atom is 0.129 e. The van der Waals surface area contributed by atoms with Crippen LogP contribution in [0.3, 0.4) is 0 Å². The van der Waals surface area contributed by atoms with Crippen LogP contribution in [0.1, 0.15) is 17.7 Å².